The highest BCUT2D eigenvalue weighted by molar-refractivity contribution is 6.06. The van der Waals surface area contributed by atoms with Gasteiger partial charge in [-0.2, -0.15) is 18.4 Å². The molecule has 0 aliphatic heterocycles. The van der Waals surface area contributed by atoms with Crippen LogP contribution in [0.2, 0.25) is 0 Å². The Hall–Kier alpha value is -3.47. The van der Waals surface area contributed by atoms with Gasteiger partial charge in [0, 0.05) is 34.9 Å². The summed E-state index contributed by atoms with van der Waals surface area (Å²) in [4.78, 5) is 15.8. The van der Waals surface area contributed by atoms with Gasteiger partial charge in [-0.25, -0.2) is 0 Å². The van der Waals surface area contributed by atoms with E-state index in [0.29, 0.717) is 11.3 Å². The number of carbonyl (C=O) groups is 1. The maximum absolute atomic E-state index is 13.2. The molecule has 3 aromatic rings. The molecule has 0 spiro atoms. The average molecular weight is 426 g/mol. The second-order valence-corrected chi connectivity index (χ2v) is 7.78. The van der Waals surface area contributed by atoms with E-state index >= 15 is 0 Å². The number of anilines is 1. The number of aromatic amines is 1. The molecule has 0 radical (unpaired) electrons. The number of nitrogens with zero attached hydrogens (tertiary/aromatic N) is 1. The zero-order valence-corrected chi connectivity index (χ0v) is 16.6. The van der Waals surface area contributed by atoms with E-state index in [2.05, 4.69) is 15.6 Å². The summed E-state index contributed by atoms with van der Waals surface area (Å²) in [6.07, 6.45) is 0.0339. The van der Waals surface area contributed by atoms with Crippen molar-refractivity contribution in [3.8, 4) is 6.07 Å². The second kappa shape index (κ2) is 8.34. The van der Waals surface area contributed by atoms with E-state index < -0.39 is 11.7 Å². The summed E-state index contributed by atoms with van der Waals surface area (Å²) in [5, 5.41) is 16.0. The predicted octanol–water partition coefficient (Wildman–Crippen LogP) is 5.21. The normalized spacial score (nSPS) is 19.0. The van der Waals surface area contributed by atoms with Crippen LogP contribution in [-0.2, 0) is 6.18 Å². The number of aromatic nitrogens is 1. The number of amides is 1. The van der Waals surface area contributed by atoms with Crippen molar-refractivity contribution < 1.29 is 18.0 Å². The van der Waals surface area contributed by atoms with E-state index in [9.17, 15) is 18.0 Å². The molecule has 0 bridgehead atoms. The SMILES string of the molecule is N#Cc1ccc(NC2CCC(NC(=O)c3c[nH]c4ccccc34)CC2)cc1C(F)(F)F. The minimum atomic E-state index is -4.58. The molecule has 5 nitrogen and oxygen atoms in total. The molecule has 4 rings (SSSR count). The van der Waals surface area contributed by atoms with Crippen molar-refractivity contribution in [2.75, 3.05) is 5.32 Å². The van der Waals surface area contributed by atoms with Crippen LogP contribution in [0.1, 0.15) is 47.2 Å². The molecule has 160 valence electrons. The summed E-state index contributed by atoms with van der Waals surface area (Å²) in [5.74, 6) is -0.129. The van der Waals surface area contributed by atoms with Crippen molar-refractivity contribution in [3.05, 3.63) is 65.4 Å². The van der Waals surface area contributed by atoms with E-state index in [0.717, 1.165) is 42.7 Å². The van der Waals surface area contributed by atoms with Crippen molar-refractivity contribution in [3.63, 3.8) is 0 Å². The van der Waals surface area contributed by atoms with Crippen molar-refractivity contribution in [2.45, 2.75) is 43.9 Å². The number of rotatable bonds is 4. The van der Waals surface area contributed by atoms with Crippen LogP contribution in [0, 0.1) is 11.3 Å². The largest absolute Gasteiger partial charge is 0.417 e. The number of H-pyrrole nitrogens is 1. The molecular formula is C23H21F3N4O. The molecule has 2 aromatic carbocycles. The number of hydrogen-bond donors (Lipinski definition) is 3. The van der Waals surface area contributed by atoms with E-state index in [1.807, 2.05) is 24.3 Å². The minimum absolute atomic E-state index is 0.00950. The van der Waals surface area contributed by atoms with Gasteiger partial charge in [0.15, 0.2) is 0 Å². The van der Waals surface area contributed by atoms with Crippen molar-refractivity contribution in [2.24, 2.45) is 0 Å². The van der Waals surface area contributed by atoms with Gasteiger partial charge in [0.1, 0.15) is 0 Å². The quantitative estimate of drug-likeness (QED) is 0.536. The smallest absolute Gasteiger partial charge is 0.382 e. The highest BCUT2D eigenvalue weighted by atomic mass is 19.4. The third kappa shape index (κ3) is 4.50. The number of hydrogen-bond acceptors (Lipinski definition) is 3. The maximum atomic E-state index is 13.2. The third-order valence-corrected chi connectivity index (χ3v) is 5.71. The van der Waals surface area contributed by atoms with E-state index in [4.69, 9.17) is 5.26 Å². The molecular weight excluding hydrogens is 405 g/mol. The lowest BCUT2D eigenvalue weighted by atomic mass is 9.90. The lowest BCUT2D eigenvalue weighted by molar-refractivity contribution is -0.137. The van der Waals surface area contributed by atoms with Gasteiger partial charge in [-0.1, -0.05) is 18.2 Å². The third-order valence-electron chi connectivity index (χ3n) is 5.71. The summed E-state index contributed by atoms with van der Waals surface area (Å²) >= 11 is 0. The minimum Gasteiger partial charge on any atom is -0.382 e. The van der Waals surface area contributed by atoms with E-state index in [1.165, 1.54) is 12.1 Å². The zero-order chi connectivity index (χ0) is 22.0. The van der Waals surface area contributed by atoms with Crippen molar-refractivity contribution in [1.29, 1.82) is 5.26 Å². The molecule has 1 fully saturated rings. The molecule has 1 aromatic heterocycles. The second-order valence-electron chi connectivity index (χ2n) is 7.78. The van der Waals surface area contributed by atoms with E-state index in [1.54, 1.807) is 12.3 Å². The van der Waals surface area contributed by atoms with Crippen LogP contribution >= 0.6 is 0 Å². The van der Waals surface area contributed by atoms with Gasteiger partial charge >= 0.3 is 6.18 Å². The maximum Gasteiger partial charge on any atom is 0.417 e. The van der Waals surface area contributed by atoms with Crippen LogP contribution in [0.25, 0.3) is 10.9 Å². The molecule has 0 unspecified atom stereocenters. The molecule has 1 saturated carbocycles. The number of halogens is 3. The van der Waals surface area contributed by atoms with Crippen LogP contribution in [-0.4, -0.2) is 23.0 Å². The Morgan fingerprint density at radius 2 is 1.77 bits per heavy atom. The standard InChI is InChI=1S/C23H21F3N4O/c24-23(25,26)20-11-17(6-5-14(20)12-27)29-15-7-9-16(10-8-15)30-22(31)19-13-28-21-4-2-1-3-18(19)21/h1-6,11,13,15-16,28-29H,7-10H2,(H,30,31). The highest BCUT2D eigenvalue weighted by Gasteiger charge is 2.34. The van der Waals surface area contributed by atoms with E-state index in [-0.39, 0.29) is 23.6 Å². The zero-order valence-electron chi connectivity index (χ0n) is 16.6. The Balaban J connectivity index is 1.35. The fourth-order valence-electron chi connectivity index (χ4n) is 4.11. The average Bonchev–Trinajstić information content (AvgIpc) is 3.19. The van der Waals surface area contributed by atoms with Crippen LogP contribution in [0.15, 0.2) is 48.7 Å². The van der Waals surface area contributed by atoms with Crippen LogP contribution in [0.5, 0.6) is 0 Å². The van der Waals surface area contributed by atoms with Crippen LogP contribution in [0.3, 0.4) is 0 Å². The Morgan fingerprint density at radius 1 is 1.06 bits per heavy atom. The van der Waals surface area contributed by atoms with Gasteiger partial charge in [0.25, 0.3) is 5.91 Å². The predicted molar refractivity (Wildman–Crippen MR) is 112 cm³/mol. The van der Waals surface area contributed by atoms with Gasteiger partial charge < -0.3 is 15.6 Å². The molecule has 1 amide bonds. The summed E-state index contributed by atoms with van der Waals surface area (Å²) in [7, 11) is 0. The molecule has 0 atom stereocenters. The number of alkyl halides is 3. The van der Waals surface area contributed by atoms with Gasteiger partial charge in [0.2, 0.25) is 0 Å². The monoisotopic (exact) mass is 426 g/mol. The molecule has 31 heavy (non-hydrogen) atoms. The van der Waals surface area contributed by atoms with Gasteiger partial charge in [0.05, 0.1) is 22.8 Å². The summed E-state index contributed by atoms with van der Waals surface area (Å²) in [6, 6.07) is 12.9. The van der Waals surface area contributed by atoms with Gasteiger partial charge in [-0.3, -0.25) is 4.79 Å². The fourth-order valence-corrected chi connectivity index (χ4v) is 4.11. The lowest BCUT2D eigenvalue weighted by Crippen LogP contribution is -2.40. The Labute approximate surface area is 177 Å². The Kier molecular flexibility index (Phi) is 5.59. The summed E-state index contributed by atoms with van der Waals surface area (Å²) < 4.78 is 39.5. The fraction of sp³-hybridized carbons (Fsp3) is 0.304. The number of nitriles is 1. The summed E-state index contributed by atoms with van der Waals surface area (Å²) in [5.41, 5.74) is 0.536. The highest BCUT2D eigenvalue weighted by Crippen LogP contribution is 2.34. The topological polar surface area (TPSA) is 80.7 Å². The first kappa shape index (κ1) is 20.8. The number of carbonyl (C=O) groups excluding carboxylic acids is 1. The molecule has 1 heterocycles. The molecule has 8 heteroatoms. The van der Waals surface area contributed by atoms with Crippen LogP contribution < -0.4 is 10.6 Å². The van der Waals surface area contributed by atoms with Gasteiger partial charge in [-0.05, 0) is 49.9 Å². The van der Waals surface area contributed by atoms with Crippen LogP contribution in [0.4, 0.5) is 18.9 Å². The molecule has 3 N–H and O–H groups in total. The lowest BCUT2D eigenvalue weighted by Gasteiger charge is -2.30. The van der Waals surface area contributed by atoms with Gasteiger partial charge in [-0.15, -0.1) is 0 Å². The first-order chi connectivity index (χ1) is 14.8. The first-order valence-corrected chi connectivity index (χ1v) is 10.1. The number of para-hydroxylation sites is 1. The molecule has 0 saturated heterocycles. The number of nitrogens with one attached hydrogen (secondary N) is 3. The van der Waals surface area contributed by atoms with Crippen molar-refractivity contribution in [1.82, 2.24) is 10.3 Å². The molecule has 1 aliphatic rings. The number of benzene rings is 2. The van der Waals surface area contributed by atoms with Crippen molar-refractivity contribution >= 4 is 22.5 Å². The Bertz CT molecular complexity index is 1140. The first-order valence-electron chi connectivity index (χ1n) is 10.1. The number of fused-ring (bicyclic) bond motifs is 1. The Morgan fingerprint density at radius 3 is 2.48 bits per heavy atom. The summed E-state index contributed by atoms with van der Waals surface area (Å²) in [6.45, 7) is 0. The molecule has 1 aliphatic carbocycles.